The Morgan fingerprint density at radius 1 is 1.33 bits per heavy atom. The number of carbonyl (C=O) groups excluding carboxylic acids is 1. The molecule has 0 spiro atoms. The third kappa shape index (κ3) is 1.02. The summed E-state index contributed by atoms with van der Waals surface area (Å²) in [6.07, 6.45) is 4.04. The van der Waals surface area contributed by atoms with E-state index in [1.165, 1.54) is 6.33 Å². The predicted molar refractivity (Wildman–Crippen MR) is 44.0 cm³/mol. The number of nitrogens with zero attached hydrogens (tertiary/aromatic N) is 2. The van der Waals surface area contributed by atoms with Crippen molar-refractivity contribution in [3.8, 4) is 0 Å². The summed E-state index contributed by atoms with van der Waals surface area (Å²) < 4.78 is 0. The van der Waals surface area contributed by atoms with Crippen LogP contribution >= 0.6 is 0 Å². The number of carbonyl (C=O) groups is 1. The number of aromatic nitrogens is 2. The molecule has 0 fully saturated rings. The molecular weight excluding hydrogens is 152 g/mol. The molecule has 1 aromatic rings. The molecule has 0 unspecified atom stereocenters. The minimum Gasteiger partial charge on any atom is -0.294 e. The van der Waals surface area contributed by atoms with Gasteiger partial charge in [0, 0.05) is 6.42 Å². The molecule has 3 nitrogen and oxygen atoms in total. The molecule has 0 aromatic carbocycles. The molecule has 2 rings (SSSR count). The van der Waals surface area contributed by atoms with Gasteiger partial charge in [-0.1, -0.05) is 0 Å². The minimum atomic E-state index is 0.203. The van der Waals surface area contributed by atoms with Crippen molar-refractivity contribution >= 4 is 5.78 Å². The second-order valence-electron chi connectivity index (χ2n) is 3.06. The van der Waals surface area contributed by atoms with Crippen LogP contribution in [0.4, 0.5) is 0 Å². The molecule has 1 aliphatic carbocycles. The van der Waals surface area contributed by atoms with Gasteiger partial charge in [-0.3, -0.25) is 4.79 Å². The monoisotopic (exact) mass is 162 g/mol. The lowest BCUT2D eigenvalue weighted by atomic mass is 9.94. The molecule has 1 aromatic heterocycles. The Morgan fingerprint density at radius 2 is 2.17 bits per heavy atom. The maximum Gasteiger partial charge on any atom is 0.166 e. The van der Waals surface area contributed by atoms with Crippen molar-refractivity contribution in [1.29, 1.82) is 0 Å². The average molecular weight is 162 g/mol. The molecule has 0 N–H and O–H groups in total. The Morgan fingerprint density at radius 3 is 2.92 bits per heavy atom. The Balaban J connectivity index is 2.60. The zero-order valence-corrected chi connectivity index (χ0v) is 7.00. The van der Waals surface area contributed by atoms with Crippen molar-refractivity contribution in [1.82, 2.24) is 9.97 Å². The number of Topliss-reactive ketones (excluding diaryl/α,β-unsaturated/α-hetero) is 1. The largest absolute Gasteiger partial charge is 0.294 e. The van der Waals surface area contributed by atoms with E-state index >= 15 is 0 Å². The van der Waals surface area contributed by atoms with E-state index in [9.17, 15) is 4.79 Å². The van der Waals surface area contributed by atoms with Crippen molar-refractivity contribution in [2.45, 2.75) is 26.2 Å². The van der Waals surface area contributed by atoms with E-state index in [0.29, 0.717) is 6.42 Å². The number of fused-ring (bicyclic) bond motifs is 1. The van der Waals surface area contributed by atoms with Crippen molar-refractivity contribution in [3.05, 3.63) is 23.3 Å². The highest BCUT2D eigenvalue weighted by Gasteiger charge is 2.20. The van der Waals surface area contributed by atoms with Crippen LogP contribution in [0.2, 0.25) is 0 Å². The standard InChI is InChI=1S/C9H10N2O/c1-6-9-7(11-5-10-6)3-2-4-8(9)12/h5H,2-4H2,1H3. The molecule has 12 heavy (non-hydrogen) atoms. The Labute approximate surface area is 70.9 Å². The zero-order valence-electron chi connectivity index (χ0n) is 7.00. The smallest absolute Gasteiger partial charge is 0.166 e. The molecule has 1 heterocycles. The van der Waals surface area contributed by atoms with E-state index in [1.807, 2.05) is 6.92 Å². The van der Waals surface area contributed by atoms with Crippen LogP contribution < -0.4 is 0 Å². The molecule has 0 saturated heterocycles. The summed E-state index contributed by atoms with van der Waals surface area (Å²) in [5.41, 5.74) is 2.52. The SMILES string of the molecule is Cc1ncnc2c1C(=O)CCC2. The molecule has 1 aliphatic rings. The van der Waals surface area contributed by atoms with Crippen LogP contribution in [0.15, 0.2) is 6.33 Å². The van der Waals surface area contributed by atoms with Crippen molar-refractivity contribution in [2.24, 2.45) is 0 Å². The highest BCUT2D eigenvalue weighted by atomic mass is 16.1. The molecule has 0 radical (unpaired) electrons. The first kappa shape index (κ1) is 7.40. The predicted octanol–water partition coefficient (Wildman–Crippen LogP) is 1.30. The molecule has 0 atom stereocenters. The van der Waals surface area contributed by atoms with Crippen LogP contribution in [0, 0.1) is 6.92 Å². The molecule has 0 amide bonds. The number of ketones is 1. The van der Waals surface area contributed by atoms with Crippen LogP contribution in [0.5, 0.6) is 0 Å². The van der Waals surface area contributed by atoms with Gasteiger partial charge >= 0.3 is 0 Å². The van der Waals surface area contributed by atoms with Gasteiger partial charge in [0.05, 0.1) is 17.0 Å². The van der Waals surface area contributed by atoms with Crippen LogP contribution in [-0.2, 0) is 6.42 Å². The molecule has 0 aliphatic heterocycles. The summed E-state index contributed by atoms with van der Waals surface area (Å²) in [6, 6.07) is 0. The third-order valence-electron chi connectivity index (χ3n) is 2.21. The van der Waals surface area contributed by atoms with Gasteiger partial charge in [-0.05, 0) is 19.8 Å². The maximum absolute atomic E-state index is 11.4. The molecular formula is C9H10N2O. The number of hydrogen-bond donors (Lipinski definition) is 0. The van der Waals surface area contributed by atoms with Gasteiger partial charge in [0.15, 0.2) is 5.78 Å². The third-order valence-corrected chi connectivity index (χ3v) is 2.21. The molecule has 0 bridgehead atoms. The topological polar surface area (TPSA) is 42.9 Å². The molecule has 0 saturated carbocycles. The maximum atomic E-state index is 11.4. The quantitative estimate of drug-likeness (QED) is 0.577. The van der Waals surface area contributed by atoms with E-state index in [1.54, 1.807) is 0 Å². The number of rotatable bonds is 0. The van der Waals surface area contributed by atoms with Crippen molar-refractivity contribution < 1.29 is 4.79 Å². The first-order valence-electron chi connectivity index (χ1n) is 4.12. The minimum absolute atomic E-state index is 0.203. The second-order valence-corrected chi connectivity index (χ2v) is 3.06. The lowest BCUT2D eigenvalue weighted by molar-refractivity contribution is 0.0970. The van der Waals surface area contributed by atoms with Gasteiger partial charge in [-0.25, -0.2) is 9.97 Å². The normalized spacial score (nSPS) is 15.9. The van der Waals surface area contributed by atoms with Crippen LogP contribution in [-0.4, -0.2) is 15.8 Å². The summed E-state index contributed by atoms with van der Waals surface area (Å²) in [5.74, 6) is 0.203. The Hall–Kier alpha value is -1.25. The lowest BCUT2D eigenvalue weighted by Gasteiger charge is -2.13. The fourth-order valence-corrected chi connectivity index (χ4v) is 1.62. The van der Waals surface area contributed by atoms with Crippen molar-refractivity contribution in [3.63, 3.8) is 0 Å². The van der Waals surface area contributed by atoms with Gasteiger partial charge in [0.25, 0.3) is 0 Å². The highest BCUT2D eigenvalue weighted by Crippen LogP contribution is 2.20. The van der Waals surface area contributed by atoms with Crippen LogP contribution in [0.1, 0.15) is 34.6 Å². The summed E-state index contributed by atoms with van der Waals surface area (Å²) in [6.45, 7) is 1.86. The van der Waals surface area contributed by atoms with Gasteiger partial charge in [-0.15, -0.1) is 0 Å². The van der Waals surface area contributed by atoms with Gasteiger partial charge < -0.3 is 0 Å². The van der Waals surface area contributed by atoms with Gasteiger partial charge in [0.1, 0.15) is 6.33 Å². The summed E-state index contributed by atoms with van der Waals surface area (Å²) in [5, 5.41) is 0. The van der Waals surface area contributed by atoms with Crippen molar-refractivity contribution in [2.75, 3.05) is 0 Å². The van der Waals surface area contributed by atoms with E-state index in [-0.39, 0.29) is 5.78 Å². The van der Waals surface area contributed by atoms with E-state index in [4.69, 9.17) is 0 Å². The zero-order chi connectivity index (χ0) is 8.55. The lowest BCUT2D eigenvalue weighted by Crippen LogP contribution is -2.15. The average Bonchev–Trinajstić information content (AvgIpc) is 2.04. The fourth-order valence-electron chi connectivity index (χ4n) is 1.62. The summed E-state index contributed by atoms with van der Waals surface area (Å²) >= 11 is 0. The summed E-state index contributed by atoms with van der Waals surface area (Å²) in [4.78, 5) is 19.5. The van der Waals surface area contributed by atoms with Gasteiger partial charge in [0.2, 0.25) is 0 Å². The molecule has 3 heteroatoms. The highest BCUT2D eigenvalue weighted by molar-refractivity contribution is 5.98. The van der Waals surface area contributed by atoms with Gasteiger partial charge in [-0.2, -0.15) is 0 Å². The fraction of sp³-hybridized carbons (Fsp3) is 0.444. The number of aryl methyl sites for hydroxylation is 2. The van der Waals surface area contributed by atoms with E-state index < -0.39 is 0 Å². The number of hydrogen-bond acceptors (Lipinski definition) is 3. The first-order chi connectivity index (χ1) is 5.79. The first-order valence-corrected chi connectivity index (χ1v) is 4.12. The Kier molecular flexibility index (Phi) is 1.64. The Bertz CT molecular complexity index is 333. The summed E-state index contributed by atoms with van der Waals surface area (Å²) in [7, 11) is 0. The van der Waals surface area contributed by atoms with Crippen LogP contribution in [0.25, 0.3) is 0 Å². The van der Waals surface area contributed by atoms with E-state index in [0.717, 1.165) is 29.8 Å². The second kappa shape index (κ2) is 2.66. The molecule has 62 valence electrons. The van der Waals surface area contributed by atoms with Crippen LogP contribution in [0.3, 0.4) is 0 Å². The van der Waals surface area contributed by atoms with E-state index in [2.05, 4.69) is 9.97 Å².